The van der Waals surface area contributed by atoms with E-state index in [1.165, 1.54) is 11.1 Å². The van der Waals surface area contributed by atoms with Gasteiger partial charge in [0.1, 0.15) is 5.02 Å². The third-order valence-corrected chi connectivity index (χ3v) is 4.80. The van der Waals surface area contributed by atoms with Crippen LogP contribution in [0.25, 0.3) is 0 Å². The van der Waals surface area contributed by atoms with E-state index in [4.69, 9.17) is 11.6 Å². The van der Waals surface area contributed by atoms with Gasteiger partial charge in [0, 0.05) is 18.4 Å². The Hall–Kier alpha value is -2.33. The Kier molecular flexibility index (Phi) is 5.09. The summed E-state index contributed by atoms with van der Waals surface area (Å²) in [6.07, 6.45) is 11.0. The average Bonchev–Trinajstić information content (AvgIpc) is 2.58. The number of hydrogen-bond acceptors (Lipinski definition) is 3. The number of nitrogens with zero attached hydrogens (tertiary/aromatic N) is 2. The van der Waals surface area contributed by atoms with Gasteiger partial charge in [-0.05, 0) is 55.9 Å². The minimum absolute atomic E-state index is 0.137. The van der Waals surface area contributed by atoms with Crippen molar-refractivity contribution in [3.63, 3.8) is 0 Å². The van der Waals surface area contributed by atoms with Crippen molar-refractivity contribution in [2.45, 2.75) is 33.7 Å². The molecule has 0 fully saturated rings. The number of nitrogens with one attached hydrogen (secondary N) is 1. The van der Waals surface area contributed by atoms with Crippen LogP contribution in [0.2, 0.25) is 5.02 Å². The van der Waals surface area contributed by atoms with Gasteiger partial charge in [0.25, 0.3) is 5.56 Å². The standard InChI is InChI=1S/C20H22ClN3O/c1-13-9-15(3)18(10-14(13)2)22-20-23-19(25)17(21)12-24(20)11-16-7-5-4-6-8-16/h4-7,9-10,12,16H,8,11H2,1-3H3,(H,22,23,25). The van der Waals surface area contributed by atoms with Crippen molar-refractivity contribution in [1.29, 1.82) is 0 Å². The van der Waals surface area contributed by atoms with E-state index in [1.54, 1.807) is 6.20 Å². The normalized spacial score (nSPS) is 16.2. The molecule has 0 amide bonds. The molecule has 1 aromatic carbocycles. The molecule has 0 aliphatic heterocycles. The van der Waals surface area contributed by atoms with Crippen molar-refractivity contribution < 1.29 is 0 Å². The van der Waals surface area contributed by atoms with Crippen LogP contribution in [0.1, 0.15) is 23.1 Å². The molecule has 1 atom stereocenters. The molecule has 25 heavy (non-hydrogen) atoms. The van der Waals surface area contributed by atoms with E-state index in [9.17, 15) is 4.79 Å². The highest BCUT2D eigenvalue weighted by atomic mass is 35.5. The molecule has 0 saturated carbocycles. The Balaban J connectivity index is 1.96. The van der Waals surface area contributed by atoms with Crippen LogP contribution in [0.5, 0.6) is 0 Å². The van der Waals surface area contributed by atoms with E-state index >= 15 is 0 Å². The lowest BCUT2D eigenvalue weighted by Crippen LogP contribution is -2.20. The maximum absolute atomic E-state index is 12.0. The minimum Gasteiger partial charge on any atom is -0.325 e. The lowest BCUT2D eigenvalue weighted by atomic mass is 10.0. The Morgan fingerprint density at radius 2 is 1.96 bits per heavy atom. The van der Waals surface area contributed by atoms with Crippen molar-refractivity contribution in [2.24, 2.45) is 5.92 Å². The largest absolute Gasteiger partial charge is 0.325 e. The summed E-state index contributed by atoms with van der Waals surface area (Å²) in [5.41, 5.74) is 4.07. The van der Waals surface area contributed by atoms with Gasteiger partial charge in [-0.3, -0.25) is 4.79 Å². The molecule has 1 aliphatic rings. The summed E-state index contributed by atoms with van der Waals surface area (Å²) < 4.78 is 1.92. The highest BCUT2D eigenvalue weighted by molar-refractivity contribution is 6.30. The first kappa shape index (κ1) is 17.5. The third kappa shape index (κ3) is 4.02. The molecule has 2 aromatic rings. The molecule has 5 heteroatoms. The summed E-state index contributed by atoms with van der Waals surface area (Å²) in [6.45, 7) is 6.91. The fourth-order valence-electron chi connectivity index (χ4n) is 2.94. The second-order valence-electron chi connectivity index (χ2n) is 6.56. The number of aromatic nitrogens is 2. The minimum atomic E-state index is -0.416. The number of anilines is 2. The second kappa shape index (κ2) is 7.28. The molecule has 0 saturated heterocycles. The highest BCUT2D eigenvalue weighted by Gasteiger charge is 2.13. The smallest absolute Gasteiger partial charge is 0.293 e. The van der Waals surface area contributed by atoms with Crippen LogP contribution in [0.3, 0.4) is 0 Å². The number of hydrogen-bond donors (Lipinski definition) is 1. The number of halogens is 1. The average molecular weight is 356 g/mol. The van der Waals surface area contributed by atoms with Crippen LogP contribution in [0.4, 0.5) is 11.6 Å². The predicted octanol–water partition coefficient (Wildman–Crippen LogP) is 4.70. The van der Waals surface area contributed by atoms with Gasteiger partial charge < -0.3 is 9.88 Å². The fourth-order valence-corrected chi connectivity index (χ4v) is 3.10. The van der Waals surface area contributed by atoms with E-state index in [0.717, 1.165) is 17.7 Å². The second-order valence-corrected chi connectivity index (χ2v) is 6.96. The molecule has 1 unspecified atom stereocenters. The highest BCUT2D eigenvalue weighted by Crippen LogP contribution is 2.24. The molecule has 1 aliphatic carbocycles. The Labute approximate surface area is 152 Å². The molecular formula is C20H22ClN3O. The molecule has 4 nitrogen and oxygen atoms in total. The van der Waals surface area contributed by atoms with Crippen molar-refractivity contribution in [1.82, 2.24) is 9.55 Å². The molecule has 0 spiro atoms. The van der Waals surface area contributed by atoms with E-state index in [1.807, 2.05) is 23.6 Å². The van der Waals surface area contributed by atoms with Gasteiger partial charge in [0.2, 0.25) is 5.95 Å². The Morgan fingerprint density at radius 1 is 1.20 bits per heavy atom. The summed E-state index contributed by atoms with van der Waals surface area (Å²) >= 11 is 6.03. The van der Waals surface area contributed by atoms with Gasteiger partial charge in [0.05, 0.1) is 0 Å². The van der Waals surface area contributed by atoms with E-state index in [2.05, 4.69) is 48.4 Å². The van der Waals surface area contributed by atoms with E-state index < -0.39 is 5.56 Å². The monoisotopic (exact) mass is 355 g/mol. The quantitative estimate of drug-likeness (QED) is 0.864. The molecule has 1 N–H and O–H groups in total. The van der Waals surface area contributed by atoms with Crippen molar-refractivity contribution in [3.05, 3.63) is 74.7 Å². The summed E-state index contributed by atoms with van der Waals surface area (Å²) in [5, 5.41) is 3.45. The molecule has 3 rings (SSSR count). The first-order valence-electron chi connectivity index (χ1n) is 8.39. The number of rotatable bonds is 4. The van der Waals surface area contributed by atoms with Crippen molar-refractivity contribution in [2.75, 3.05) is 5.32 Å². The van der Waals surface area contributed by atoms with Crippen LogP contribution >= 0.6 is 11.6 Å². The van der Waals surface area contributed by atoms with Gasteiger partial charge in [-0.2, -0.15) is 4.98 Å². The SMILES string of the molecule is Cc1cc(C)c(Nc2nc(=O)c(Cl)cn2CC2C=CC=CC2)cc1C. The summed E-state index contributed by atoms with van der Waals surface area (Å²) in [7, 11) is 0. The third-order valence-electron chi connectivity index (χ3n) is 4.54. The lowest BCUT2D eigenvalue weighted by molar-refractivity contribution is 0.529. The van der Waals surface area contributed by atoms with Crippen molar-refractivity contribution >= 4 is 23.2 Å². The summed E-state index contributed by atoms with van der Waals surface area (Å²) in [6, 6.07) is 4.21. The maximum atomic E-state index is 12.0. The summed E-state index contributed by atoms with van der Waals surface area (Å²) in [4.78, 5) is 16.1. The van der Waals surface area contributed by atoms with Gasteiger partial charge in [0.15, 0.2) is 0 Å². The Morgan fingerprint density at radius 3 is 2.68 bits per heavy atom. The van der Waals surface area contributed by atoms with Crippen LogP contribution in [-0.2, 0) is 6.54 Å². The van der Waals surface area contributed by atoms with E-state index in [-0.39, 0.29) is 5.02 Å². The van der Waals surface area contributed by atoms with Gasteiger partial charge in [-0.15, -0.1) is 0 Å². The lowest BCUT2D eigenvalue weighted by Gasteiger charge is -2.20. The Bertz CT molecular complexity index is 912. The first-order chi connectivity index (χ1) is 11.9. The molecular weight excluding hydrogens is 334 g/mol. The van der Waals surface area contributed by atoms with Gasteiger partial charge >= 0.3 is 0 Å². The number of allylic oxidation sites excluding steroid dienone is 4. The molecule has 1 aromatic heterocycles. The van der Waals surface area contributed by atoms with Crippen LogP contribution < -0.4 is 10.9 Å². The number of benzene rings is 1. The molecule has 130 valence electrons. The molecule has 1 heterocycles. The maximum Gasteiger partial charge on any atom is 0.293 e. The van der Waals surface area contributed by atoms with Crippen LogP contribution in [-0.4, -0.2) is 9.55 Å². The van der Waals surface area contributed by atoms with Gasteiger partial charge in [-0.1, -0.05) is 42.0 Å². The van der Waals surface area contributed by atoms with E-state index in [0.29, 0.717) is 18.4 Å². The zero-order valence-electron chi connectivity index (χ0n) is 14.7. The van der Waals surface area contributed by atoms with Gasteiger partial charge in [-0.25, -0.2) is 0 Å². The van der Waals surface area contributed by atoms with Crippen LogP contribution in [0, 0.1) is 26.7 Å². The molecule has 0 radical (unpaired) electrons. The van der Waals surface area contributed by atoms with Crippen molar-refractivity contribution in [3.8, 4) is 0 Å². The molecule has 0 bridgehead atoms. The predicted molar refractivity (Wildman–Crippen MR) is 104 cm³/mol. The summed E-state index contributed by atoms with van der Waals surface area (Å²) in [5.74, 6) is 0.871. The zero-order valence-corrected chi connectivity index (χ0v) is 15.5. The topological polar surface area (TPSA) is 46.9 Å². The first-order valence-corrected chi connectivity index (χ1v) is 8.77. The number of aryl methyl sites for hydroxylation is 3. The fraction of sp³-hybridized carbons (Fsp3) is 0.300. The van der Waals surface area contributed by atoms with Crippen LogP contribution in [0.15, 0.2) is 47.4 Å². The zero-order chi connectivity index (χ0) is 18.0.